The second-order valence-electron chi connectivity index (χ2n) is 7.47. The number of ether oxygens (including phenoxy) is 2. The molecule has 1 heterocycles. The smallest absolute Gasteiger partial charge is 0.308 e. The van der Waals surface area contributed by atoms with Crippen LogP contribution in [0.25, 0.3) is 0 Å². The summed E-state index contributed by atoms with van der Waals surface area (Å²) in [5, 5.41) is 38.3. The molecule has 5 atom stereocenters. The summed E-state index contributed by atoms with van der Waals surface area (Å²) in [6.07, 6.45) is 6.27. The van der Waals surface area contributed by atoms with E-state index in [1.807, 2.05) is 0 Å². The number of aliphatic hydroxyl groups is 4. The second-order valence-corrected chi connectivity index (χ2v) is 7.47. The van der Waals surface area contributed by atoms with Gasteiger partial charge in [-0.15, -0.1) is 0 Å². The Morgan fingerprint density at radius 3 is 1.85 bits per heavy atom. The first-order valence-corrected chi connectivity index (χ1v) is 10.5. The highest BCUT2D eigenvalue weighted by atomic mass is 16.7. The monoisotopic (exact) mass is 390 g/mol. The largest absolute Gasteiger partial charge is 0.433 e. The summed E-state index contributed by atoms with van der Waals surface area (Å²) in [5.41, 5.74) is 0. The minimum atomic E-state index is -1.54. The van der Waals surface area contributed by atoms with Crippen LogP contribution in [0.3, 0.4) is 0 Å². The van der Waals surface area contributed by atoms with Gasteiger partial charge in [0, 0.05) is 6.42 Å². The van der Waals surface area contributed by atoms with E-state index >= 15 is 0 Å². The van der Waals surface area contributed by atoms with E-state index in [2.05, 4.69) is 6.92 Å². The van der Waals surface area contributed by atoms with E-state index in [1.165, 1.54) is 51.4 Å². The maximum atomic E-state index is 11.9. The molecule has 0 radical (unpaired) electrons. The molecule has 0 aromatic carbocycles. The molecule has 4 N–H and O–H groups in total. The normalized spacial score (nSPS) is 28.3. The van der Waals surface area contributed by atoms with Crippen LogP contribution in [0.4, 0.5) is 0 Å². The van der Waals surface area contributed by atoms with Crippen LogP contribution < -0.4 is 0 Å². The molecule has 7 heteroatoms. The van der Waals surface area contributed by atoms with Crippen molar-refractivity contribution in [2.24, 2.45) is 0 Å². The number of esters is 1. The Morgan fingerprint density at radius 1 is 0.815 bits per heavy atom. The van der Waals surface area contributed by atoms with Gasteiger partial charge in [-0.3, -0.25) is 4.79 Å². The van der Waals surface area contributed by atoms with E-state index in [1.54, 1.807) is 0 Å². The Bertz CT molecular complexity index is 389. The average Bonchev–Trinajstić information content (AvgIpc) is 2.66. The zero-order valence-corrected chi connectivity index (χ0v) is 16.6. The molecular formula is C20H38O7. The van der Waals surface area contributed by atoms with Crippen molar-refractivity contribution < 1.29 is 34.7 Å². The second kappa shape index (κ2) is 14.3. The molecule has 1 saturated heterocycles. The molecule has 1 aliphatic heterocycles. The fraction of sp³-hybridized carbons (Fsp3) is 0.950. The third-order valence-electron chi connectivity index (χ3n) is 5.08. The molecule has 0 aromatic heterocycles. The van der Waals surface area contributed by atoms with Crippen LogP contribution in [-0.4, -0.2) is 63.7 Å². The quantitative estimate of drug-likeness (QED) is 0.265. The maximum absolute atomic E-state index is 11.9. The molecule has 0 spiro atoms. The lowest BCUT2D eigenvalue weighted by Gasteiger charge is -2.39. The predicted molar refractivity (Wildman–Crippen MR) is 101 cm³/mol. The van der Waals surface area contributed by atoms with Crippen molar-refractivity contribution in [1.29, 1.82) is 0 Å². The Morgan fingerprint density at radius 2 is 1.33 bits per heavy atom. The van der Waals surface area contributed by atoms with Gasteiger partial charge in [0.2, 0.25) is 6.29 Å². The topological polar surface area (TPSA) is 116 Å². The van der Waals surface area contributed by atoms with E-state index in [-0.39, 0.29) is 6.42 Å². The highest BCUT2D eigenvalue weighted by molar-refractivity contribution is 5.69. The molecule has 27 heavy (non-hydrogen) atoms. The molecule has 7 nitrogen and oxygen atoms in total. The van der Waals surface area contributed by atoms with Crippen LogP contribution in [0.2, 0.25) is 0 Å². The van der Waals surface area contributed by atoms with Crippen LogP contribution >= 0.6 is 0 Å². The van der Waals surface area contributed by atoms with E-state index in [0.29, 0.717) is 6.42 Å². The lowest BCUT2D eigenvalue weighted by Crippen LogP contribution is -2.59. The summed E-state index contributed by atoms with van der Waals surface area (Å²) >= 11 is 0. The highest BCUT2D eigenvalue weighted by Crippen LogP contribution is 2.22. The molecule has 0 saturated carbocycles. The van der Waals surface area contributed by atoms with Crippen LogP contribution in [0.1, 0.15) is 84.0 Å². The number of unbranched alkanes of at least 4 members (excludes halogenated alkanes) is 10. The van der Waals surface area contributed by atoms with E-state index in [0.717, 1.165) is 12.8 Å². The number of carbonyl (C=O) groups is 1. The van der Waals surface area contributed by atoms with E-state index in [4.69, 9.17) is 14.6 Å². The predicted octanol–water partition coefficient (Wildman–Crippen LogP) is 2.03. The van der Waals surface area contributed by atoms with Crippen LogP contribution in [0.5, 0.6) is 0 Å². The minimum Gasteiger partial charge on any atom is -0.433 e. The van der Waals surface area contributed by atoms with Gasteiger partial charge in [-0.05, 0) is 6.42 Å². The van der Waals surface area contributed by atoms with Crippen molar-refractivity contribution in [1.82, 2.24) is 0 Å². The third kappa shape index (κ3) is 9.34. The molecule has 160 valence electrons. The molecular weight excluding hydrogens is 352 g/mol. The molecule has 1 fully saturated rings. The zero-order valence-electron chi connectivity index (χ0n) is 16.6. The SMILES string of the molecule is CCCCCCCCCCCCCC(=O)OC1OC(CO)C(O)C(O)C1O. The van der Waals surface area contributed by atoms with Gasteiger partial charge in [0.25, 0.3) is 0 Å². The minimum absolute atomic E-state index is 0.214. The first-order chi connectivity index (χ1) is 13.0. The third-order valence-corrected chi connectivity index (χ3v) is 5.08. The summed E-state index contributed by atoms with van der Waals surface area (Å²) in [4.78, 5) is 11.9. The van der Waals surface area contributed by atoms with E-state index < -0.39 is 43.3 Å². The van der Waals surface area contributed by atoms with Gasteiger partial charge >= 0.3 is 5.97 Å². The molecule has 0 bridgehead atoms. The standard InChI is InChI=1S/C20H38O7/c1-2-3-4-5-6-7-8-9-10-11-12-13-16(22)27-20-19(25)18(24)17(23)15(14-21)26-20/h15,17-21,23-25H,2-14H2,1H3. The Kier molecular flexibility index (Phi) is 12.9. The van der Waals surface area contributed by atoms with Crippen molar-refractivity contribution in [2.75, 3.05) is 6.61 Å². The number of carbonyl (C=O) groups excluding carboxylic acids is 1. The summed E-state index contributed by atoms with van der Waals surface area (Å²) in [6.45, 7) is 1.68. The van der Waals surface area contributed by atoms with Gasteiger partial charge in [-0.25, -0.2) is 0 Å². The molecule has 0 aliphatic carbocycles. The van der Waals surface area contributed by atoms with Gasteiger partial charge in [-0.2, -0.15) is 0 Å². The van der Waals surface area contributed by atoms with Crippen molar-refractivity contribution in [3.8, 4) is 0 Å². The van der Waals surface area contributed by atoms with Crippen molar-refractivity contribution >= 4 is 5.97 Å². The average molecular weight is 391 g/mol. The first kappa shape index (κ1) is 24.3. The molecule has 0 amide bonds. The highest BCUT2D eigenvalue weighted by Gasteiger charge is 2.45. The van der Waals surface area contributed by atoms with Crippen LogP contribution in [0.15, 0.2) is 0 Å². The Hall–Kier alpha value is -0.730. The van der Waals surface area contributed by atoms with E-state index in [9.17, 15) is 20.1 Å². The van der Waals surface area contributed by atoms with Gasteiger partial charge < -0.3 is 29.9 Å². The van der Waals surface area contributed by atoms with Gasteiger partial charge in [-0.1, -0.05) is 71.1 Å². The number of rotatable bonds is 14. The zero-order chi connectivity index (χ0) is 20.1. The summed E-state index contributed by atoms with van der Waals surface area (Å²) in [6, 6.07) is 0. The summed E-state index contributed by atoms with van der Waals surface area (Å²) in [7, 11) is 0. The molecule has 1 aliphatic rings. The first-order valence-electron chi connectivity index (χ1n) is 10.5. The fourth-order valence-corrected chi connectivity index (χ4v) is 3.29. The van der Waals surface area contributed by atoms with Crippen LogP contribution in [0, 0.1) is 0 Å². The van der Waals surface area contributed by atoms with Crippen LogP contribution in [-0.2, 0) is 14.3 Å². The van der Waals surface area contributed by atoms with Crippen molar-refractivity contribution in [3.63, 3.8) is 0 Å². The molecule has 5 unspecified atom stereocenters. The molecule has 0 aromatic rings. The van der Waals surface area contributed by atoms with Crippen molar-refractivity contribution in [2.45, 2.75) is 115 Å². The number of aliphatic hydroxyl groups excluding tert-OH is 4. The van der Waals surface area contributed by atoms with Gasteiger partial charge in [0.05, 0.1) is 6.61 Å². The Labute approximate surface area is 162 Å². The maximum Gasteiger partial charge on any atom is 0.308 e. The Balaban J connectivity index is 2.07. The fourth-order valence-electron chi connectivity index (χ4n) is 3.29. The lowest BCUT2D eigenvalue weighted by atomic mass is 9.99. The van der Waals surface area contributed by atoms with Gasteiger partial charge in [0.15, 0.2) is 0 Å². The van der Waals surface area contributed by atoms with Crippen molar-refractivity contribution in [3.05, 3.63) is 0 Å². The summed E-state index contributed by atoms with van der Waals surface area (Å²) < 4.78 is 10.2. The molecule has 1 rings (SSSR count). The number of hydrogen-bond acceptors (Lipinski definition) is 7. The number of hydrogen-bond donors (Lipinski definition) is 4. The van der Waals surface area contributed by atoms with Gasteiger partial charge in [0.1, 0.15) is 24.4 Å². The lowest BCUT2D eigenvalue weighted by molar-refractivity contribution is -0.292. The summed E-state index contributed by atoms with van der Waals surface area (Å²) in [5.74, 6) is -0.518.